The van der Waals surface area contributed by atoms with E-state index in [4.69, 9.17) is 11.6 Å². The van der Waals surface area contributed by atoms with E-state index >= 15 is 0 Å². The number of hydrazine groups is 1. The summed E-state index contributed by atoms with van der Waals surface area (Å²) in [6.45, 7) is 1.90. The van der Waals surface area contributed by atoms with Gasteiger partial charge in [-0.3, -0.25) is 10.2 Å². The Balaban J connectivity index is 2.94. The first-order valence-electron chi connectivity index (χ1n) is 5.93. The van der Waals surface area contributed by atoms with Gasteiger partial charge in [0, 0.05) is 10.6 Å². The van der Waals surface area contributed by atoms with Gasteiger partial charge in [0.1, 0.15) is 0 Å². The van der Waals surface area contributed by atoms with Crippen LogP contribution in [0.3, 0.4) is 0 Å². The molecule has 1 amide bonds. The predicted molar refractivity (Wildman–Crippen MR) is 72.7 cm³/mol. The maximum absolute atomic E-state index is 12.5. The van der Waals surface area contributed by atoms with Gasteiger partial charge in [0.25, 0.3) is 0 Å². The molecule has 20 heavy (non-hydrogen) atoms. The summed E-state index contributed by atoms with van der Waals surface area (Å²) in [5.74, 6) is 4.70. The lowest BCUT2D eigenvalue weighted by atomic mass is 10.2. The van der Waals surface area contributed by atoms with Gasteiger partial charge in [-0.15, -0.1) is 11.8 Å². The maximum Gasteiger partial charge on any atom is 0.416 e. The van der Waals surface area contributed by atoms with E-state index in [1.54, 1.807) is 0 Å². The van der Waals surface area contributed by atoms with Crippen LogP contribution in [0.4, 0.5) is 18.9 Å². The van der Waals surface area contributed by atoms with Crippen molar-refractivity contribution in [1.29, 1.82) is 0 Å². The van der Waals surface area contributed by atoms with Crippen LogP contribution in [0.1, 0.15) is 25.3 Å². The molecular weight excluding hydrogens is 291 g/mol. The molecule has 5 N–H and O–H groups in total. The Kier molecular flexibility index (Phi) is 5.70. The van der Waals surface area contributed by atoms with Crippen molar-refractivity contribution >= 4 is 23.4 Å². The molecule has 0 spiro atoms. The molecule has 0 aliphatic rings. The van der Waals surface area contributed by atoms with Gasteiger partial charge < -0.3 is 5.73 Å². The second-order valence-electron chi connectivity index (χ2n) is 4.15. The first-order valence-corrected chi connectivity index (χ1v) is 6.81. The molecule has 1 aromatic carbocycles. The fourth-order valence-corrected chi connectivity index (χ4v) is 2.76. The van der Waals surface area contributed by atoms with Crippen LogP contribution in [0.15, 0.2) is 23.1 Å². The topological polar surface area (TPSA) is 81.1 Å². The highest BCUT2D eigenvalue weighted by molar-refractivity contribution is 8.00. The summed E-state index contributed by atoms with van der Waals surface area (Å²) in [4.78, 5) is 12.0. The Morgan fingerprint density at radius 1 is 1.45 bits per heavy atom. The third kappa shape index (κ3) is 4.31. The highest BCUT2D eigenvalue weighted by Gasteiger charge is 2.31. The van der Waals surface area contributed by atoms with Crippen molar-refractivity contribution in [2.75, 3.05) is 5.73 Å². The average Bonchev–Trinajstić information content (AvgIpc) is 2.38. The fraction of sp³-hybridized carbons (Fsp3) is 0.417. The minimum atomic E-state index is -4.44. The molecule has 1 unspecified atom stereocenters. The lowest BCUT2D eigenvalue weighted by Crippen LogP contribution is -2.37. The van der Waals surface area contributed by atoms with Crippen molar-refractivity contribution < 1.29 is 18.0 Å². The molecule has 4 nitrogen and oxygen atoms in total. The van der Waals surface area contributed by atoms with E-state index < -0.39 is 17.0 Å². The molecule has 0 radical (unpaired) electrons. The van der Waals surface area contributed by atoms with Crippen LogP contribution in [-0.4, -0.2) is 11.2 Å². The summed E-state index contributed by atoms with van der Waals surface area (Å²) >= 11 is 1.11. The molecule has 0 aliphatic heterocycles. The number of nitrogens with one attached hydrogen (secondary N) is 1. The zero-order valence-corrected chi connectivity index (χ0v) is 11.6. The highest BCUT2D eigenvalue weighted by Crippen LogP contribution is 2.36. The zero-order valence-electron chi connectivity index (χ0n) is 10.8. The zero-order chi connectivity index (χ0) is 15.3. The molecule has 0 saturated carbocycles. The van der Waals surface area contributed by atoms with Gasteiger partial charge in [-0.25, -0.2) is 5.84 Å². The monoisotopic (exact) mass is 307 g/mol. The van der Waals surface area contributed by atoms with Gasteiger partial charge in [-0.05, 0) is 24.6 Å². The number of thioether (sulfide) groups is 1. The largest absolute Gasteiger partial charge is 0.416 e. The van der Waals surface area contributed by atoms with E-state index in [0.717, 1.165) is 30.3 Å². The molecule has 0 saturated heterocycles. The van der Waals surface area contributed by atoms with Crippen molar-refractivity contribution in [2.24, 2.45) is 5.84 Å². The normalized spacial score (nSPS) is 13.1. The van der Waals surface area contributed by atoms with Crippen LogP contribution in [0, 0.1) is 0 Å². The fourth-order valence-electron chi connectivity index (χ4n) is 1.58. The number of carbonyl (C=O) groups excluding carboxylic acids is 1. The van der Waals surface area contributed by atoms with Crippen LogP contribution in [-0.2, 0) is 11.0 Å². The molecule has 8 heteroatoms. The van der Waals surface area contributed by atoms with Crippen molar-refractivity contribution in [3.63, 3.8) is 0 Å². The first kappa shape index (κ1) is 16.6. The number of carbonyl (C=O) groups is 1. The number of anilines is 1. The smallest absolute Gasteiger partial charge is 0.398 e. The second kappa shape index (κ2) is 6.85. The van der Waals surface area contributed by atoms with Crippen molar-refractivity contribution in [2.45, 2.75) is 36.1 Å². The SMILES string of the molecule is CCCC(Sc1ccc(C(F)(F)F)cc1N)C(=O)NN. The molecule has 1 rings (SSSR count). The summed E-state index contributed by atoms with van der Waals surface area (Å²) in [5.41, 5.74) is 6.85. The number of nitrogen functional groups attached to an aromatic ring is 1. The number of amides is 1. The number of hydrogen-bond donors (Lipinski definition) is 3. The quantitative estimate of drug-likeness (QED) is 0.257. The van der Waals surface area contributed by atoms with E-state index in [9.17, 15) is 18.0 Å². The number of alkyl halides is 3. The van der Waals surface area contributed by atoms with Crippen LogP contribution >= 0.6 is 11.8 Å². The van der Waals surface area contributed by atoms with E-state index in [0.29, 0.717) is 11.3 Å². The van der Waals surface area contributed by atoms with E-state index in [-0.39, 0.29) is 11.6 Å². The van der Waals surface area contributed by atoms with Crippen molar-refractivity contribution in [3.8, 4) is 0 Å². The van der Waals surface area contributed by atoms with Gasteiger partial charge in [0.05, 0.1) is 10.8 Å². The molecule has 0 fully saturated rings. The van der Waals surface area contributed by atoms with Crippen LogP contribution in [0.5, 0.6) is 0 Å². The molecule has 0 heterocycles. The van der Waals surface area contributed by atoms with Gasteiger partial charge >= 0.3 is 6.18 Å². The molecular formula is C12H16F3N3OS. The summed E-state index contributed by atoms with van der Waals surface area (Å²) < 4.78 is 37.6. The van der Waals surface area contributed by atoms with Gasteiger partial charge in [-0.2, -0.15) is 13.2 Å². The standard InChI is InChI=1S/C12H16F3N3OS/c1-2-3-10(11(19)18-17)20-9-5-4-7(6-8(9)16)12(13,14)15/h4-6,10H,2-3,16-17H2,1H3,(H,18,19). The number of halogens is 3. The molecule has 0 aliphatic carbocycles. The van der Waals surface area contributed by atoms with Crippen molar-refractivity contribution in [3.05, 3.63) is 23.8 Å². The minimum Gasteiger partial charge on any atom is -0.398 e. The first-order chi connectivity index (χ1) is 9.29. The highest BCUT2D eigenvalue weighted by atomic mass is 32.2. The number of hydrogen-bond acceptors (Lipinski definition) is 4. The molecule has 1 atom stereocenters. The molecule has 112 valence electrons. The summed E-state index contributed by atoms with van der Waals surface area (Å²) in [5, 5.41) is -0.482. The Bertz CT molecular complexity index is 480. The maximum atomic E-state index is 12.5. The van der Waals surface area contributed by atoms with E-state index in [2.05, 4.69) is 0 Å². The van der Waals surface area contributed by atoms with Crippen LogP contribution in [0.2, 0.25) is 0 Å². The third-order valence-corrected chi connectivity index (χ3v) is 3.95. The Hall–Kier alpha value is -1.41. The molecule has 0 aromatic heterocycles. The second-order valence-corrected chi connectivity index (χ2v) is 5.40. The Labute approximate surface area is 119 Å². The van der Waals surface area contributed by atoms with Crippen LogP contribution < -0.4 is 17.0 Å². The van der Waals surface area contributed by atoms with E-state index in [1.165, 1.54) is 6.07 Å². The third-order valence-electron chi connectivity index (χ3n) is 2.59. The molecule has 0 bridgehead atoms. The van der Waals surface area contributed by atoms with Crippen molar-refractivity contribution in [1.82, 2.24) is 5.43 Å². The van der Waals surface area contributed by atoms with E-state index in [1.807, 2.05) is 12.3 Å². The van der Waals surface area contributed by atoms with Gasteiger partial charge in [-0.1, -0.05) is 13.3 Å². The number of nitrogens with two attached hydrogens (primary N) is 2. The summed E-state index contributed by atoms with van der Waals surface area (Å²) in [6, 6.07) is 3.09. The molecule has 1 aromatic rings. The number of rotatable bonds is 5. The number of benzene rings is 1. The Morgan fingerprint density at radius 3 is 2.55 bits per heavy atom. The average molecular weight is 307 g/mol. The predicted octanol–water partition coefficient (Wildman–Crippen LogP) is 2.54. The lowest BCUT2D eigenvalue weighted by Gasteiger charge is -2.16. The summed E-state index contributed by atoms with van der Waals surface area (Å²) in [6.07, 6.45) is -3.14. The van der Waals surface area contributed by atoms with Gasteiger partial charge in [0.2, 0.25) is 5.91 Å². The lowest BCUT2D eigenvalue weighted by molar-refractivity contribution is -0.137. The Morgan fingerprint density at radius 2 is 2.10 bits per heavy atom. The summed E-state index contributed by atoms with van der Waals surface area (Å²) in [7, 11) is 0. The van der Waals surface area contributed by atoms with Crippen LogP contribution in [0.25, 0.3) is 0 Å². The van der Waals surface area contributed by atoms with Gasteiger partial charge in [0.15, 0.2) is 0 Å². The minimum absolute atomic E-state index is 0.00394.